The van der Waals surface area contributed by atoms with Gasteiger partial charge in [0, 0.05) is 17.5 Å². The molecule has 92 valence electrons. The van der Waals surface area contributed by atoms with Crippen LogP contribution in [-0.2, 0) is 0 Å². The average molecular weight is 282 g/mol. The molecule has 1 aromatic carbocycles. The number of hydrogen-bond donors (Lipinski definition) is 1. The van der Waals surface area contributed by atoms with Crippen LogP contribution in [0.5, 0.6) is 0 Å². The second kappa shape index (κ2) is 4.88. The molecule has 0 bridgehead atoms. The van der Waals surface area contributed by atoms with Crippen molar-refractivity contribution in [1.82, 2.24) is 4.98 Å². The third-order valence-electron chi connectivity index (χ3n) is 2.22. The smallest absolute Gasteiger partial charge is 0.356 e. The summed E-state index contributed by atoms with van der Waals surface area (Å²) in [6.45, 7) is 1.32. The van der Waals surface area contributed by atoms with Crippen LogP contribution in [0, 0.1) is 0 Å². The van der Waals surface area contributed by atoms with Crippen LogP contribution in [0.1, 0.15) is 27.1 Å². The molecule has 18 heavy (non-hydrogen) atoms. The molecule has 0 atom stereocenters. The summed E-state index contributed by atoms with van der Waals surface area (Å²) >= 11 is 6.92. The highest BCUT2D eigenvalue weighted by atomic mass is 35.5. The number of carbonyl (C=O) groups excluding carboxylic acids is 1. The molecule has 4 nitrogen and oxygen atoms in total. The van der Waals surface area contributed by atoms with E-state index in [-0.39, 0.29) is 16.4 Å². The number of aromatic nitrogens is 1. The minimum atomic E-state index is -1.20. The molecule has 1 aromatic heterocycles. The van der Waals surface area contributed by atoms with Crippen molar-refractivity contribution < 1.29 is 14.7 Å². The Labute approximate surface area is 112 Å². The Bertz CT molecular complexity index is 605. The number of nitrogens with zero attached hydrogens (tertiary/aromatic N) is 1. The lowest BCUT2D eigenvalue weighted by Crippen LogP contribution is -2.03. The van der Waals surface area contributed by atoms with Gasteiger partial charge in [-0.2, -0.15) is 0 Å². The Morgan fingerprint density at radius 1 is 1.39 bits per heavy atom. The van der Waals surface area contributed by atoms with Gasteiger partial charge in [-0.1, -0.05) is 23.7 Å². The molecule has 6 heteroatoms. The second-order valence-electron chi connectivity index (χ2n) is 3.57. The monoisotopic (exact) mass is 281 g/mol. The Balaban J connectivity index is 2.57. The van der Waals surface area contributed by atoms with Crippen LogP contribution in [-0.4, -0.2) is 21.8 Å². The topological polar surface area (TPSA) is 67.3 Å². The van der Waals surface area contributed by atoms with Crippen molar-refractivity contribution in [3.63, 3.8) is 0 Å². The fourth-order valence-corrected chi connectivity index (χ4v) is 2.59. The number of rotatable bonds is 3. The minimum absolute atomic E-state index is 0.150. The summed E-state index contributed by atoms with van der Waals surface area (Å²) in [5.41, 5.74) is 0.491. The normalized spacial score (nSPS) is 10.3. The molecular formula is C12H8ClNO3S. The van der Waals surface area contributed by atoms with E-state index in [4.69, 9.17) is 16.7 Å². The molecule has 0 saturated carbocycles. The lowest BCUT2D eigenvalue weighted by Gasteiger charge is -1.95. The highest BCUT2D eigenvalue weighted by Crippen LogP contribution is 2.30. The molecule has 1 heterocycles. The molecule has 0 aliphatic heterocycles. The summed E-state index contributed by atoms with van der Waals surface area (Å²) in [7, 11) is 0. The van der Waals surface area contributed by atoms with Crippen molar-refractivity contribution >= 4 is 34.7 Å². The first-order valence-electron chi connectivity index (χ1n) is 5.00. The lowest BCUT2D eigenvalue weighted by atomic mass is 10.2. The van der Waals surface area contributed by atoms with Crippen molar-refractivity contribution in [2.45, 2.75) is 6.92 Å². The van der Waals surface area contributed by atoms with Gasteiger partial charge in [0.2, 0.25) is 0 Å². The summed E-state index contributed by atoms with van der Waals surface area (Å²) in [6, 6.07) is 6.89. The van der Waals surface area contributed by atoms with Crippen molar-refractivity contribution in [2.24, 2.45) is 0 Å². The maximum absolute atomic E-state index is 11.4. The van der Waals surface area contributed by atoms with E-state index in [9.17, 15) is 9.59 Å². The highest BCUT2D eigenvalue weighted by Gasteiger charge is 2.21. The van der Waals surface area contributed by atoms with Crippen LogP contribution >= 0.6 is 22.9 Å². The third-order valence-corrected chi connectivity index (χ3v) is 3.66. The number of benzene rings is 1. The van der Waals surface area contributed by atoms with Crippen molar-refractivity contribution in [3.05, 3.63) is 39.9 Å². The van der Waals surface area contributed by atoms with Gasteiger partial charge in [-0.15, -0.1) is 11.3 Å². The molecule has 0 unspecified atom stereocenters. The number of carboxylic acid groups (broad SMARTS) is 1. The van der Waals surface area contributed by atoms with E-state index in [0.29, 0.717) is 15.6 Å². The van der Waals surface area contributed by atoms with Crippen LogP contribution in [0.3, 0.4) is 0 Å². The van der Waals surface area contributed by atoms with E-state index in [0.717, 1.165) is 11.3 Å². The quantitative estimate of drug-likeness (QED) is 0.876. The molecule has 2 rings (SSSR count). The van der Waals surface area contributed by atoms with E-state index in [1.165, 1.54) is 6.92 Å². The predicted molar refractivity (Wildman–Crippen MR) is 69.5 cm³/mol. The van der Waals surface area contributed by atoms with Crippen molar-refractivity contribution in [1.29, 1.82) is 0 Å². The molecule has 0 radical (unpaired) electrons. The van der Waals surface area contributed by atoms with E-state index >= 15 is 0 Å². The predicted octanol–water partition coefficient (Wildman–Crippen LogP) is 3.36. The van der Waals surface area contributed by atoms with Gasteiger partial charge in [0.15, 0.2) is 11.5 Å². The zero-order chi connectivity index (χ0) is 13.3. The number of carbonyl (C=O) groups is 2. The molecule has 0 spiro atoms. The van der Waals surface area contributed by atoms with Gasteiger partial charge in [-0.25, -0.2) is 9.78 Å². The molecule has 0 saturated heterocycles. The van der Waals surface area contributed by atoms with Gasteiger partial charge in [0.05, 0.1) is 0 Å². The Hall–Kier alpha value is -1.72. The Kier molecular flexibility index (Phi) is 3.45. The molecule has 0 aliphatic rings. The molecule has 0 amide bonds. The Morgan fingerprint density at radius 3 is 2.61 bits per heavy atom. The van der Waals surface area contributed by atoms with Crippen LogP contribution in [0.4, 0.5) is 0 Å². The fourth-order valence-electron chi connectivity index (χ4n) is 1.45. The van der Waals surface area contributed by atoms with Gasteiger partial charge >= 0.3 is 5.97 Å². The number of carboxylic acids is 1. The van der Waals surface area contributed by atoms with Crippen LogP contribution < -0.4 is 0 Å². The van der Waals surface area contributed by atoms with Gasteiger partial charge in [-0.05, 0) is 12.1 Å². The van der Waals surface area contributed by atoms with Gasteiger partial charge < -0.3 is 5.11 Å². The molecule has 0 aliphatic carbocycles. The van der Waals surface area contributed by atoms with Crippen molar-refractivity contribution in [2.75, 3.05) is 0 Å². The van der Waals surface area contributed by atoms with Crippen LogP contribution in [0.25, 0.3) is 10.6 Å². The summed E-state index contributed by atoms with van der Waals surface area (Å²) in [6.07, 6.45) is 0. The number of Topliss-reactive ketones (excluding diaryl/α,β-unsaturated/α-hetero) is 1. The van der Waals surface area contributed by atoms with E-state index in [1.807, 2.05) is 0 Å². The zero-order valence-electron chi connectivity index (χ0n) is 9.31. The molecule has 1 N–H and O–H groups in total. The number of halogens is 1. The van der Waals surface area contributed by atoms with E-state index in [2.05, 4.69) is 4.98 Å². The third kappa shape index (κ3) is 2.42. The summed E-state index contributed by atoms with van der Waals surface area (Å²) in [5.74, 6) is -1.51. The summed E-state index contributed by atoms with van der Waals surface area (Å²) in [5, 5.41) is 10.00. The first-order chi connectivity index (χ1) is 8.49. The first-order valence-corrected chi connectivity index (χ1v) is 6.19. The number of thiazole rings is 1. The molecule has 2 aromatic rings. The van der Waals surface area contributed by atoms with Gasteiger partial charge in [0.1, 0.15) is 9.88 Å². The summed E-state index contributed by atoms with van der Waals surface area (Å²) < 4.78 is 0. The van der Waals surface area contributed by atoms with Gasteiger partial charge in [-0.3, -0.25) is 4.79 Å². The number of ketones is 1. The van der Waals surface area contributed by atoms with Crippen LogP contribution in [0.2, 0.25) is 5.02 Å². The highest BCUT2D eigenvalue weighted by molar-refractivity contribution is 7.17. The van der Waals surface area contributed by atoms with Crippen molar-refractivity contribution in [3.8, 4) is 10.6 Å². The van der Waals surface area contributed by atoms with E-state index < -0.39 is 5.97 Å². The zero-order valence-corrected chi connectivity index (χ0v) is 10.9. The SMILES string of the molecule is CC(=O)c1sc(-c2cccc(Cl)c2)nc1C(=O)O. The number of hydrogen-bond acceptors (Lipinski definition) is 4. The van der Waals surface area contributed by atoms with Crippen LogP contribution in [0.15, 0.2) is 24.3 Å². The fraction of sp³-hybridized carbons (Fsp3) is 0.0833. The largest absolute Gasteiger partial charge is 0.476 e. The lowest BCUT2D eigenvalue weighted by molar-refractivity contribution is 0.0687. The molecular weight excluding hydrogens is 274 g/mol. The maximum atomic E-state index is 11.4. The standard InChI is InChI=1S/C12H8ClNO3S/c1-6(15)10-9(12(16)17)14-11(18-10)7-3-2-4-8(13)5-7/h2-5H,1H3,(H,16,17). The Morgan fingerprint density at radius 2 is 2.11 bits per heavy atom. The minimum Gasteiger partial charge on any atom is -0.476 e. The summed E-state index contributed by atoms with van der Waals surface area (Å²) in [4.78, 5) is 26.5. The maximum Gasteiger partial charge on any atom is 0.356 e. The van der Waals surface area contributed by atoms with E-state index in [1.54, 1.807) is 24.3 Å². The van der Waals surface area contributed by atoms with Gasteiger partial charge in [0.25, 0.3) is 0 Å². The molecule has 0 fully saturated rings. The second-order valence-corrected chi connectivity index (χ2v) is 5.00. The average Bonchev–Trinajstić information content (AvgIpc) is 2.73. The first kappa shape index (κ1) is 12.7. The number of aromatic carboxylic acids is 1.